The summed E-state index contributed by atoms with van der Waals surface area (Å²) in [6.45, 7) is 0. The summed E-state index contributed by atoms with van der Waals surface area (Å²) in [6, 6.07) is 8.23. The Morgan fingerprint density at radius 3 is 2.56 bits per heavy atom. The van der Waals surface area contributed by atoms with Crippen LogP contribution in [0.5, 0.6) is 0 Å². The predicted molar refractivity (Wildman–Crippen MR) is 82.1 cm³/mol. The van der Waals surface area contributed by atoms with Crippen molar-refractivity contribution in [2.24, 2.45) is 4.40 Å². The molecule has 0 aromatic heterocycles. The van der Waals surface area contributed by atoms with Gasteiger partial charge in [0.15, 0.2) is 0 Å². The van der Waals surface area contributed by atoms with E-state index in [9.17, 15) is 0 Å². The molecule has 3 rings (SSSR count). The fourth-order valence-electron chi connectivity index (χ4n) is 1.91. The predicted octanol–water partition coefficient (Wildman–Crippen LogP) is 5.30. The molecule has 18 heavy (non-hydrogen) atoms. The first-order chi connectivity index (χ1) is 8.97. The number of fused-ring (bicyclic) bond motifs is 1. The lowest BCUT2D eigenvalue weighted by atomic mass is 10.2. The second-order valence-electron chi connectivity index (χ2n) is 4.35. The first-order valence-corrected chi connectivity index (χ1v) is 7.35. The maximum Gasteiger partial charge on any atom is 0.0377 e. The lowest BCUT2D eigenvalue weighted by Gasteiger charge is -1.97. The third-order valence-electron chi connectivity index (χ3n) is 2.90. The molecule has 1 aliphatic heterocycles. The average Bonchev–Trinajstić information content (AvgIpc) is 2.84. The molecule has 1 nitrogen and oxygen atoms in total. The zero-order chi connectivity index (χ0) is 12.5. The van der Waals surface area contributed by atoms with Gasteiger partial charge in [-0.3, -0.25) is 0 Å². The SMILES string of the molecule is C1=CCCCCC1.C1=Cc2ccccc2SN=C1. The van der Waals surface area contributed by atoms with E-state index in [4.69, 9.17) is 0 Å². The third-order valence-corrected chi connectivity index (χ3v) is 3.70. The van der Waals surface area contributed by atoms with E-state index in [2.05, 4.69) is 34.8 Å². The molecule has 2 heteroatoms. The molecule has 1 heterocycles. The van der Waals surface area contributed by atoms with E-state index in [0.717, 1.165) is 0 Å². The number of hydrogen-bond donors (Lipinski definition) is 0. The molecule has 1 aromatic rings. The van der Waals surface area contributed by atoms with Gasteiger partial charge in [0.2, 0.25) is 0 Å². The van der Waals surface area contributed by atoms with Crippen molar-refractivity contribution in [2.45, 2.75) is 37.0 Å². The molecule has 0 saturated heterocycles. The first-order valence-electron chi connectivity index (χ1n) is 6.58. The van der Waals surface area contributed by atoms with Crippen molar-refractivity contribution in [3.63, 3.8) is 0 Å². The van der Waals surface area contributed by atoms with Crippen LogP contribution < -0.4 is 0 Å². The summed E-state index contributed by atoms with van der Waals surface area (Å²) in [4.78, 5) is 1.22. The Balaban J connectivity index is 0.000000149. The second kappa shape index (κ2) is 7.93. The molecular weight excluding hydrogens is 238 g/mol. The highest BCUT2D eigenvalue weighted by Gasteiger charge is 1.98. The van der Waals surface area contributed by atoms with Crippen molar-refractivity contribution in [3.8, 4) is 0 Å². The smallest absolute Gasteiger partial charge is 0.0377 e. The number of allylic oxidation sites excluding steroid dienone is 3. The second-order valence-corrected chi connectivity index (χ2v) is 5.19. The summed E-state index contributed by atoms with van der Waals surface area (Å²) >= 11 is 1.52. The van der Waals surface area contributed by atoms with E-state index in [0.29, 0.717) is 0 Å². The first kappa shape index (κ1) is 13.2. The Kier molecular flexibility index (Phi) is 5.80. The van der Waals surface area contributed by atoms with E-state index >= 15 is 0 Å². The van der Waals surface area contributed by atoms with Crippen LogP contribution in [0.25, 0.3) is 6.08 Å². The fraction of sp³-hybridized carbons (Fsp3) is 0.312. The highest BCUT2D eigenvalue weighted by molar-refractivity contribution is 7.98. The molecule has 0 atom stereocenters. The van der Waals surface area contributed by atoms with Crippen molar-refractivity contribution in [3.05, 3.63) is 48.1 Å². The standard InChI is InChI=1S/C9H7NS.C7H12/c1-2-6-9-8(4-1)5-3-7-10-11-9;1-2-4-6-7-5-3-1/h1-7H;1-2H,3-7H2. The maximum atomic E-state index is 4.12. The molecule has 0 saturated carbocycles. The van der Waals surface area contributed by atoms with Crippen LogP contribution in [0.1, 0.15) is 37.7 Å². The minimum atomic E-state index is 1.22. The van der Waals surface area contributed by atoms with Gasteiger partial charge in [-0.25, -0.2) is 4.40 Å². The van der Waals surface area contributed by atoms with Gasteiger partial charge in [-0.1, -0.05) is 42.8 Å². The zero-order valence-corrected chi connectivity index (χ0v) is 11.4. The van der Waals surface area contributed by atoms with E-state index < -0.39 is 0 Å². The Labute approximate surface area is 114 Å². The molecule has 1 aromatic carbocycles. The molecule has 94 valence electrons. The molecule has 0 fully saturated rings. The topological polar surface area (TPSA) is 12.4 Å². The molecular formula is C16H19NS. The minimum Gasteiger partial charge on any atom is -0.219 e. The van der Waals surface area contributed by atoms with Gasteiger partial charge < -0.3 is 0 Å². The van der Waals surface area contributed by atoms with Gasteiger partial charge in [-0.05, 0) is 43.4 Å². The van der Waals surface area contributed by atoms with E-state index in [1.807, 2.05) is 24.4 Å². The third kappa shape index (κ3) is 4.53. The molecule has 0 unspecified atom stereocenters. The number of hydrogen-bond acceptors (Lipinski definition) is 2. The van der Waals surface area contributed by atoms with Crippen LogP contribution in [0.15, 0.2) is 51.8 Å². The van der Waals surface area contributed by atoms with Crippen LogP contribution in [0, 0.1) is 0 Å². The summed E-state index contributed by atoms with van der Waals surface area (Å²) in [5, 5.41) is 0. The highest BCUT2D eigenvalue weighted by Crippen LogP contribution is 2.25. The lowest BCUT2D eigenvalue weighted by Crippen LogP contribution is -1.73. The normalized spacial score (nSPS) is 17.1. The zero-order valence-electron chi connectivity index (χ0n) is 10.6. The van der Waals surface area contributed by atoms with E-state index in [1.54, 1.807) is 0 Å². The lowest BCUT2D eigenvalue weighted by molar-refractivity contribution is 0.718. The van der Waals surface area contributed by atoms with Gasteiger partial charge in [0.05, 0.1) is 0 Å². The van der Waals surface area contributed by atoms with Gasteiger partial charge in [0.1, 0.15) is 0 Å². The van der Waals surface area contributed by atoms with E-state index in [1.165, 1.54) is 54.5 Å². The number of nitrogens with zero attached hydrogens (tertiary/aromatic N) is 1. The summed E-state index contributed by atoms with van der Waals surface area (Å²) in [7, 11) is 0. The van der Waals surface area contributed by atoms with Gasteiger partial charge in [0, 0.05) is 23.1 Å². The Bertz CT molecular complexity index is 438. The molecule has 0 amide bonds. The summed E-state index contributed by atoms with van der Waals surface area (Å²) < 4.78 is 4.12. The van der Waals surface area contributed by atoms with Gasteiger partial charge >= 0.3 is 0 Å². The van der Waals surface area contributed by atoms with Crippen LogP contribution in [-0.2, 0) is 0 Å². The molecule has 0 spiro atoms. The van der Waals surface area contributed by atoms with E-state index in [-0.39, 0.29) is 0 Å². The molecule has 2 aliphatic rings. The molecule has 0 bridgehead atoms. The maximum absolute atomic E-state index is 4.12. The summed E-state index contributed by atoms with van der Waals surface area (Å²) in [6.07, 6.45) is 17.3. The van der Waals surface area contributed by atoms with Crippen molar-refractivity contribution < 1.29 is 0 Å². The minimum absolute atomic E-state index is 1.22. The van der Waals surface area contributed by atoms with Crippen LogP contribution in [-0.4, -0.2) is 6.21 Å². The fourth-order valence-corrected chi connectivity index (χ4v) is 2.53. The number of benzene rings is 1. The Morgan fingerprint density at radius 1 is 0.944 bits per heavy atom. The van der Waals surface area contributed by atoms with Crippen LogP contribution in [0.2, 0.25) is 0 Å². The van der Waals surface area contributed by atoms with Crippen LogP contribution in [0.4, 0.5) is 0 Å². The van der Waals surface area contributed by atoms with Crippen LogP contribution in [0.3, 0.4) is 0 Å². The molecule has 0 radical (unpaired) electrons. The monoisotopic (exact) mass is 257 g/mol. The number of rotatable bonds is 0. The molecule has 0 N–H and O–H groups in total. The quantitative estimate of drug-likeness (QED) is 0.454. The van der Waals surface area contributed by atoms with Crippen molar-refractivity contribution in [1.29, 1.82) is 0 Å². The van der Waals surface area contributed by atoms with Gasteiger partial charge in [-0.2, -0.15) is 0 Å². The molecule has 1 aliphatic carbocycles. The van der Waals surface area contributed by atoms with Gasteiger partial charge in [-0.15, -0.1) is 0 Å². The summed E-state index contributed by atoms with van der Waals surface area (Å²) in [5.41, 5.74) is 1.25. The van der Waals surface area contributed by atoms with Crippen molar-refractivity contribution in [2.75, 3.05) is 0 Å². The Morgan fingerprint density at radius 2 is 1.72 bits per heavy atom. The van der Waals surface area contributed by atoms with Gasteiger partial charge in [0.25, 0.3) is 0 Å². The van der Waals surface area contributed by atoms with Crippen LogP contribution >= 0.6 is 11.9 Å². The van der Waals surface area contributed by atoms with Crippen molar-refractivity contribution >= 4 is 24.2 Å². The van der Waals surface area contributed by atoms with Crippen molar-refractivity contribution in [1.82, 2.24) is 0 Å². The average molecular weight is 257 g/mol. The Hall–Kier alpha value is -1.28. The largest absolute Gasteiger partial charge is 0.219 e. The highest BCUT2D eigenvalue weighted by atomic mass is 32.2. The summed E-state index contributed by atoms with van der Waals surface area (Å²) in [5.74, 6) is 0.